The van der Waals surface area contributed by atoms with Crippen molar-refractivity contribution >= 4 is 12.0 Å². The van der Waals surface area contributed by atoms with Crippen molar-refractivity contribution in [3.05, 3.63) is 47.1 Å². The van der Waals surface area contributed by atoms with Crippen molar-refractivity contribution in [2.75, 3.05) is 11.9 Å². The van der Waals surface area contributed by atoms with Crippen LogP contribution in [0.3, 0.4) is 0 Å². The van der Waals surface area contributed by atoms with Crippen LogP contribution in [0.15, 0.2) is 35.9 Å². The van der Waals surface area contributed by atoms with Gasteiger partial charge in [-0.05, 0) is 89.8 Å². The molecule has 1 aromatic carbocycles. The van der Waals surface area contributed by atoms with E-state index in [4.69, 9.17) is 4.74 Å². The van der Waals surface area contributed by atoms with E-state index in [1.54, 1.807) is 6.92 Å². The predicted octanol–water partition coefficient (Wildman–Crippen LogP) is 8.60. The smallest absolute Gasteiger partial charge is 0.194 e. The number of allylic oxidation sites excluding steroid dienone is 3. The Labute approximate surface area is 221 Å². The van der Waals surface area contributed by atoms with Gasteiger partial charge < -0.3 is 20.0 Å². The van der Waals surface area contributed by atoms with Gasteiger partial charge in [0.15, 0.2) is 6.29 Å². The summed E-state index contributed by atoms with van der Waals surface area (Å²) in [4.78, 5) is 9.57. The van der Waals surface area contributed by atoms with Crippen molar-refractivity contribution < 1.29 is 14.6 Å². The Bertz CT molecular complexity index is 823. The molecular formula is C32H53NO3. The molecule has 0 radical (unpaired) electrons. The zero-order chi connectivity index (χ0) is 27.1. The molecule has 1 aromatic rings. The van der Waals surface area contributed by atoms with Gasteiger partial charge in [0.2, 0.25) is 0 Å². The van der Waals surface area contributed by atoms with Crippen LogP contribution in [-0.4, -0.2) is 24.2 Å². The Balaban J connectivity index is 0.000000692. The summed E-state index contributed by atoms with van der Waals surface area (Å²) in [6, 6.07) is 4.43. The van der Waals surface area contributed by atoms with E-state index in [9.17, 15) is 9.90 Å². The van der Waals surface area contributed by atoms with Gasteiger partial charge in [0.05, 0.1) is 0 Å². The molecule has 1 saturated carbocycles. The molecule has 4 nitrogen and oxygen atoms in total. The van der Waals surface area contributed by atoms with Crippen molar-refractivity contribution in [2.45, 2.75) is 118 Å². The summed E-state index contributed by atoms with van der Waals surface area (Å²) < 4.78 is 5.95. The van der Waals surface area contributed by atoms with E-state index in [1.807, 2.05) is 0 Å². The molecule has 0 saturated heterocycles. The fourth-order valence-electron chi connectivity index (χ4n) is 4.51. The maximum atomic E-state index is 10.0. The number of unbranched alkanes of at least 4 members (excludes halogenated alkanes) is 2. The largest absolute Gasteiger partial charge is 0.465 e. The Morgan fingerprint density at radius 1 is 1.19 bits per heavy atom. The molecular weight excluding hydrogens is 446 g/mol. The minimum absolute atomic E-state index is 0.221. The van der Waals surface area contributed by atoms with Gasteiger partial charge in [0.25, 0.3) is 0 Å². The van der Waals surface area contributed by atoms with Gasteiger partial charge in [-0.15, -0.1) is 0 Å². The lowest BCUT2D eigenvalue weighted by Crippen LogP contribution is -2.21. The quantitative estimate of drug-likeness (QED) is 0.138. The van der Waals surface area contributed by atoms with Gasteiger partial charge in [-0.2, -0.15) is 0 Å². The number of aryl methyl sites for hydroxylation is 1. The molecule has 0 amide bonds. The molecule has 204 valence electrons. The molecule has 2 N–H and O–H groups in total. The van der Waals surface area contributed by atoms with E-state index in [0.717, 1.165) is 61.9 Å². The third-order valence-electron chi connectivity index (χ3n) is 6.46. The van der Waals surface area contributed by atoms with Crippen molar-refractivity contribution in [1.29, 1.82) is 0 Å². The lowest BCUT2D eigenvalue weighted by Gasteiger charge is -2.33. The minimum atomic E-state index is -0.837. The van der Waals surface area contributed by atoms with Gasteiger partial charge in [0.1, 0.15) is 12.0 Å². The monoisotopic (exact) mass is 499 g/mol. The van der Waals surface area contributed by atoms with Crippen LogP contribution in [0, 0.1) is 11.8 Å². The first-order chi connectivity index (χ1) is 17.2. The van der Waals surface area contributed by atoms with Gasteiger partial charge in [-0.1, -0.05) is 63.8 Å². The number of rotatable bonds is 11. The normalized spacial score (nSPS) is 19.5. The van der Waals surface area contributed by atoms with Gasteiger partial charge in [-0.3, -0.25) is 0 Å². The number of carbonyl (C=O) groups is 1. The van der Waals surface area contributed by atoms with Gasteiger partial charge in [0, 0.05) is 29.6 Å². The summed E-state index contributed by atoms with van der Waals surface area (Å²) in [5.41, 5.74) is 6.20. The molecule has 3 unspecified atom stereocenters. The first-order valence-electron chi connectivity index (χ1n) is 14.2. The van der Waals surface area contributed by atoms with Crippen molar-refractivity contribution in [3.8, 4) is 5.75 Å². The van der Waals surface area contributed by atoms with E-state index >= 15 is 0 Å². The third kappa shape index (κ3) is 11.3. The Kier molecular flexibility index (Phi) is 15.4. The Morgan fingerprint density at radius 2 is 1.86 bits per heavy atom. The number of ether oxygens (including phenoxy) is 1. The third-order valence-corrected chi connectivity index (χ3v) is 6.46. The molecule has 36 heavy (non-hydrogen) atoms. The second kappa shape index (κ2) is 17.4. The number of aliphatic hydroxyl groups excluding tert-OH is 1. The summed E-state index contributed by atoms with van der Waals surface area (Å²) in [7, 11) is 0. The zero-order valence-electron chi connectivity index (χ0n) is 24.2. The molecule has 2 aliphatic rings. The second-order valence-corrected chi connectivity index (χ2v) is 10.5. The molecule has 1 fully saturated rings. The van der Waals surface area contributed by atoms with E-state index in [0.29, 0.717) is 11.8 Å². The number of carbonyl (C=O) groups excluding carboxylic acids is 1. The minimum Gasteiger partial charge on any atom is -0.465 e. The van der Waals surface area contributed by atoms with Crippen LogP contribution < -0.4 is 10.1 Å². The molecule has 0 bridgehead atoms. The van der Waals surface area contributed by atoms with E-state index in [2.05, 4.69) is 71.6 Å². The molecule has 3 rings (SSSR count). The average molecular weight is 500 g/mol. The highest BCUT2D eigenvalue weighted by Gasteiger charge is 2.30. The van der Waals surface area contributed by atoms with Gasteiger partial charge >= 0.3 is 0 Å². The lowest BCUT2D eigenvalue weighted by atomic mass is 9.73. The molecule has 2 aliphatic carbocycles. The SMILES string of the molecule is C=C(C)C1CCC(C)=CC1c1c(NCC)cc(CCCCC)cc1OC(C)O.CCC.O=CC1CC1. The maximum absolute atomic E-state index is 10.0. The number of hydrogen-bond acceptors (Lipinski definition) is 4. The molecule has 0 heterocycles. The van der Waals surface area contributed by atoms with E-state index < -0.39 is 6.29 Å². The van der Waals surface area contributed by atoms with Crippen LogP contribution in [-0.2, 0) is 11.2 Å². The summed E-state index contributed by atoms with van der Waals surface area (Å²) in [6.45, 7) is 19.8. The average Bonchev–Trinajstić information content (AvgIpc) is 3.65. The molecule has 0 aromatic heterocycles. The number of anilines is 1. The van der Waals surface area contributed by atoms with Crippen molar-refractivity contribution in [3.63, 3.8) is 0 Å². The molecule has 0 aliphatic heterocycles. The number of aliphatic hydroxyl groups is 1. The van der Waals surface area contributed by atoms with Crippen LogP contribution in [0.4, 0.5) is 5.69 Å². The van der Waals surface area contributed by atoms with Crippen LogP contribution >= 0.6 is 0 Å². The van der Waals surface area contributed by atoms with Crippen LogP contribution in [0.5, 0.6) is 5.75 Å². The standard InChI is InChI=1S/C25H39NO2.C4H6O.C3H8/c1-7-9-10-11-20-15-23(26-8-2)25(24(16-20)28-19(6)27)22-14-18(5)12-13-21(22)17(3)4;5-3-4-1-2-4;1-3-2/h14-16,19,21-22,26-27H,3,7-13H2,1-2,4-6H3;3-4H,1-2H2;3H2,1-2H3. The van der Waals surface area contributed by atoms with Crippen molar-refractivity contribution in [1.82, 2.24) is 0 Å². The summed E-state index contributed by atoms with van der Waals surface area (Å²) in [6.07, 6.45) is 13.0. The van der Waals surface area contributed by atoms with Gasteiger partial charge in [-0.25, -0.2) is 0 Å². The lowest BCUT2D eigenvalue weighted by molar-refractivity contribution is -0.108. The summed E-state index contributed by atoms with van der Waals surface area (Å²) in [5.74, 6) is 1.87. The number of hydrogen-bond donors (Lipinski definition) is 2. The number of aldehydes is 1. The van der Waals surface area contributed by atoms with E-state index in [1.165, 1.54) is 42.4 Å². The fourth-order valence-corrected chi connectivity index (χ4v) is 4.51. The van der Waals surface area contributed by atoms with Crippen molar-refractivity contribution in [2.24, 2.45) is 11.8 Å². The zero-order valence-corrected chi connectivity index (χ0v) is 24.2. The number of nitrogens with one attached hydrogen (secondary N) is 1. The molecule has 0 spiro atoms. The Hall–Kier alpha value is -2.07. The first-order valence-corrected chi connectivity index (χ1v) is 14.2. The van der Waals surface area contributed by atoms with Crippen LogP contribution in [0.1, 0.15) is 117 Å². The number of benzene rings is 1. The highest BCUT2D eigenvalue weighted by molar-refractivity contribution is 5.63. The molecule has 3 atom stereocenters. The fraction of sp³-hybridized carbons (Fsp3) is 0.656. The first kappa shape index (κ1) is 32.0. The topological polar surface area (TPSA) is 58.6 Å². The highest BCUT2D eigenvalue weighted by Crippen LogP contribution is 2.46. The molecule has 4 heteroatoms. The predicted molar refractivity (Wildman–Crippen MR) is 155 cm³/mol. The van der Waals surface area contributed by atoms with Crippen LogP contribution in [0.25, 0.3) is 0 Å². The van der Waals surface area contributed by atoms with Crippen LogP contribution in [0.2, 0.25) is 0 Å². The van der Waals surface area contributed by atoms with E-state index in [-0.39, 0.29) is 5.92 Å². The second-order valence-electron chi connectivity index (χ2n) is 10.5. The summed E-state index contributed by atoms with van der Waals surface area (Å²) in [5, 5.41) is 13.6. The highest BCUT2D eigenvalue weighted by atomic mass is 16.6. The maximum Gasteiger partial charge on any atom is 0.194 e. The Morgan fingerprint density at radius 3 is 2.33 bits per heavy atom. The summed E-state index contributed by atoms with van der Waals surface area (Å²) >= 11 is 0.